The molecule has 1 aliphatic heterocycles. The number of carbonyl (C=O) groups is 3. The minimum atomic E-state index is -0.480. The number of nitrogens with zero attached hydrogens (tertiary/aromatic N) is 2. The Balaban J connectivity index is 1.55. The summed E-state index contributed by atoms with van der Waals surface area (Å²) < 4.78 is 18.7. The van der Waals surface area contributed by atoms with Crippen molar-refractivity contribution < 1.29 is 23.5 Å². The Kier molecular flexibility index (Phi) is 5.77. The van der Waals surface area contributed by atoms with E-state index >= 15 is 0 Å². The molecule has 1 aromatic carbocycles. The van der Waals surface area contributed by atoms with Crippen molar-refractivity contribution in [3.05, 3.63) is 29.6 Å². The van der Waals surface area contributed by atoms with Crippen LogP contribution < -0.4 is 4.74 Å². The maximum absolute atomic E-state index is 13.8. The zero-order valence-electron chi connectivity index (χ0n) is 15.7. The molecule has 3 amide bonds. The van der Waals surface area contributed by atoms with Crippen molar-refractivity contribution in [2.45, 2.75) is 38.6 Å². The topological polar surface area (TPSA) is 66.9 Å². The molecule has 2 atom stereocenters. The van der Waals surface area contributed by atoms with Crippen LogP contribution in [0.5, 0.6) is 5.75 Å². The number of likely N-dealkylation sites (tertiary alicyclic amines) is 1. The number of amides is 3. The van der Waals surface area contributed by atoms with Crippen molar-refractivity contribution in [3.8, 4) is 5.75 Å². The van der Waals surface area contributed by atoms with Crippen LogP contribution >= 0.6 is 0 Å². The third-order valence-corrected chi connectivity index (χ3v) is 5.54. The van der Waals surface area contributed by atoms with Gasteiger partial charge in [-0.05, 0) is 30.5 Å². The van der Waals surface area contributed by atoms with Crippen LogP contribution in [0.4, 0.5) is 4.39 Å². The van der Waals surface area contributed by atoms with Gasteiger partial charge in [0.05, 0.1) is 18.9 Å². The molecule has 6 nitrogen and oxygen atoms in total. The lowest BCUT2D eigenvalue weighted by atomic mass is 9.81. The number of hydrogen-bond acceptors (Lipinski definition) is 4. The molecule has 0 spiro atoms. The van der Waals surface area contributed by atoms with E-state index in [1.165, 1.54) is 29.0 Å². The SMILES string of the molecule is COc1ccc(CN(C)C(=O)CCN2C(=O)[C@@H]3CCCC[C@H]3C2=O)cc1F. The van der Waals surface area contributed by atoms with Crippen LogP contribution in [0.1, 0.15) is 37.7 Å². The predicted molar refractivity (Wildman–Crippen MR) is 96.2 cm³/mol. The number of fused-ring (bicyclic) bond motifs is 1. The molecule has 0 aromatic heterocycles. The molecule has 1 aliphatic carbocycles. The number of methoxy groups -OCH3 is 1. The Bertz CT molecular complexity index is 727. The second-order valence-corrected chi connectivity index (χ2v) is 7.29. The average molecular weight is 376 g/mol. The minimum Gasteiger partial charge on any atom is -0.494 e. The number of halogens is 1. The molecule has 146 valence electrons. The zero-order chi connectivity index (χ0) is 19.6. The van der Waals surface area contributed by atoms with E-state index in [2.05, 4.69) is 0 Å². The number of carbonyl (C=O) groups excluding carboxylic acids is 3. The summed E-state index contributed by atoms with van der Waals surface area (Å²) in [6.07, 6.45) is 3.57. The van der Waals surface area contributed by atoms with Gasteiger partial charge in [0.25, 0.3) is 0 Å². The fraction of sp³-hybridized carbons (Fsp3) is 0.550. The molecule has 27 heavy (non-hydrogen) atoms. The summed E-state index contributed by atoms with van der Waals surface area (Å²) in [5, 5.41) is 0. The fourth-order valence-electron chi connectivity index (χ4n) is 4.02. The molecule has 1 saturated carbocycles. The summed E-state index contributed by atoms with van der Waals surface area (Å²) in [6.45, 7) is 0.359. The van der Waals surface area contributed by atoms with E-state index in [0.717, 1.165) is 25.7 Å². The van der Waals surface area contributed by atoms with Gasteiger partial charge in [0.15, 0.2) is 11.6 Å². The molecule has 0 bridgehead atoms. The van der Waals surface area contributed by atoms with Crippen LogP contribution in [-0.4, -0.2) is 48.2 Å². The van der Waals surface area contributed by atoms with Crippen molar-refractivity contribution in [3.63, 3.8) is 0 Å². The van der Waals surface area contributed by atoms with Gasteiger partial charge in [-0.25, -0.2) is 4.39 Å². The third-order valence-electron chi connectivity index (χ3n) is 5.54. The molecule has 0 unspecified atom stereocenters. The Labute approximate surface area is 158 Å². The number of hydrogen-bond donors (Lipinski definition) is 0. The normalized spacial score (nSPS) is 22.0. The van der Waals surface area contributed by atoms with Crippen LogP contribution in [0.25, 0.3) is 0 Å². The minimum absolute atomic E-state index is 0.0755. The molecule has 1 saturated heterocycles. The molecule has 7 heteroatoms. The van der Waals surface area contributed by atoms with E-state index in [1.807, 2.05) is 0 Å². The van der Waals surface area contributed by atoms with Gasteiger partial charge in [-0.1, -0.05) is 18.9 Å². The van der Waals surface area contributed by atoms with Crippen LogP contribution in [0.15, 0.2) is 18.2 Å². The van der Waals surface area contributed by atoms with Crippen LogP contribution in [-0.2, 0) is 20.9 Å². The average Bonchev–Trinajstić information content (AvgIpc) is 2.91. The Morgan fingerprint density at radius 1 is 1.22 bits per heavy atom. The van der Waals surface area contributed by atoms with E-state index in [4.69, 9.17) is 4.74 Å². The first-order valence-electron chi connectivity index (χ1n) is 9.34. The molecular formula is C20H25FN2O4. The number of ether oxygens (including phenoxy) is 1. The maximum Gasteiger partial charge on any atom is 0.233 e. The molecule has 0 N–H and O–H groups in total. The van der Waals surface area contributed by atoms with Crippen LogP contribution in [0.2, 0.25) is 0 Å². The van der Waals surface area contributed by atoms with Gasteiger partial charge in [0.1, 0.15) is 0 Å². The lowest BCUT2D eigenvalue weighted by molar-refractivity contribution is -0.140. The van der Waals surface area contributed by atoms with E-state index in [-0.39, 0.29) is 54.8 Å². The number of imide groups is 1. The summed E-state index contributed by atoms with van der Waals surface area (Å²) >= 11 is 0. The summed E-state index contributed by atoms with van der Waals surface area (Å²) in [6, 6.07) is 4.55. The fourth-order valence-corrected chi connectivity index (χ4v) is 4.02. The van der Waals surface area contributed by atoms with E-state index < -0.39 is 5.82 Å². The van der Waals surface area contributed by atoms with E-state index in [0.29, 0.717) is 5.56 Å². The van der Waals surface area contributed by atoms with Gasteiger partial charge in [-0.2, -0.15) is 0 Å². The Hall–Kier alpha value is -2.44. The predicted octanol–water partition coefficient (Wildman–Crippen LogP) is 2.36. The molecule has 2 fully saturated rings. The van der Waals surface area contributed by atoms with Crippen molar-refractivity contribution in [1.82, 2.24) is 9.80 Å². The number of benzene rings is 1. The van der Waals surface area contributed by atoms with Crippen LogP contribution in [0, 0.1) is 17.7 Å². The lowest BCUT2D eigenvalue weighted by Crippen LogP contribution is -2.36. The molecule has 1 aromatic rings. The van der Waals surface area contributed by atoms with Crippen molar-refractivity contribution >= 4 is 17.7 Å². The first-order chi connectivity index (χ1) is 12.9. The van der Waals surface area contributed by atoms with E-state index in [1.54, 1.807) is 13.1 Å². The first kappa shape index (κ1) is 19.3. The molecule has 0 radical (unpaired) electrons. The van der Waals surface area contributed by atoms with Gasteiger partial charge in [0.2, 0.25) is 17.7 Å². The van der Waals surface area contributed by atoms with Gasteiger partial charge < -0.3 is 9.64 Å². The molecule has 3 rings (SSSR count). The van der Waals surface area contributed by atoms with Gasteiger partial charge >= 0.3 is 0 Å². The highest BCUT2D eigenvalue weighted by Crippen LogP contribution is 2.38. The number of rotatable bonds is 6. The summed E-state index contributed by atoms with van der Waals surface area (Å²) in [5.74, 6) is -1.16. The molecular weight excluding hydrogens is 351 g/mol. The largest absolute Gasteiger partial charge is 0.494 e. The first-order valence-corrected chi connectivity index (χ1v) is 9.34. The quantitative estimate of drug-likeness (QED) is 0.715. The second kappa shape index (κ2) is 8.06. The van der Waals surface area contributed by atoms with Gasteiger partial charge in [-0.3, -0.25) is 19.3 Å². The maximum atomic E-state index is 13.8. The van der Waals surface area contributed by atoms with Crippen molar-refractivity contribution in [1.29, 1.82) is 0 Å². The van der Waals surface area contributed by atoms with E-state index in [9.17, 15) is 18.8 Å². The summed E-state index contributed by atoms with van der Waals surface area (Å²) in [5.41, 5.74) is 0.642. The van der Waals surface area contributed by atoms with Crippen LogP contribution in [0.3, 0.4) is 0 Å². The van der Waals surface area contributed by atoms with Gasteiger partial charge in [0, 0.05) is 26.6 Å². The van der Waals surface area contributed by atoms with Crippen molar-refractivity contribution in [2.24, 2.45) is 11.8 Å². The standard InChI is InChI=1S/C20H25FN2O4/c1-22(12-13-7-8-17(27-2)16(21)11-13)18(24)9-10-23-19(25)14-5-3-4-6-15(14)20(23)26/h7-8,11,14-15H,3-6,9-10,12H2,1-2H3/t14-,15-/m1/s1. The molecule has 2 aliphatic rings. The second-order valence-electron chi connectivity index (χ2n) is 7.29. The lowest BCUT2D eigenvalue weighted by Gasteiger charge is -2.20. The highest BCUT2D eigenvalue weighted by molar-refractivity contribution is 6.05. The monoisotopic (exact) mass is 376 g/mol. The zero-order valence-corrected chi connectivity index (χ0v) is 15.7. The Morgan fingerprint density at radius 2 is 1.85 bits per heavy atom. The van der Waals surface area contributed by atoms with Crippen molar-refractivity contribution in [2.75, 3.05) is 20.7 Å². The highest BCUT2D eigenvalue weighted by atomic mass is 19.1. The summed E-state index contributed by atoms with van der Waals surface area (Å²) in [7, 11) is 3.02. The Morgan fingerprint density at radius 3 is 2.41 bits per heavy atom. The third kappa shape index (κ3) is 3.96. The van der Waals surface area contributed by atoms with Gasteiger partial charge in [-0.15, -0.1) is 0 Å². The smallest absolute Gasteiger partial charge is 0.233 e. The highest BCUT2D eigenvalue weighted by Gasteiger charge is 2.47. The molecule has 1 heterocycles. The summed E-state index contributed by atoms with van der Waals surface area (Å²) in [4.78, 5) is 40.0.